The fourth-order valence-electron chi connectivity index (χ4n) is 2.89. The molecule has 1 atom stereocenters. The lowest BCUT2D eigenvalue weighted by Gasteiger charge is -2.16. The predicted octanol–water partition coefficient (Wildman–Crippen LogP) is 4.36. The fraction of sp³-hybridized carbons (Fsp3) is 0.400. The molecule has 26 heavy (non-hydrogen) atoms. The van der Waals surface area contributed by atoms with Gasteiger partial charge in [0.15, 0.2) is 5.96 Å². The van der Waals surface area contributed by atoms with Crippen molar-refractivity contribution >= 4 is 28.3 Å². The molecule has 3 aromatic rings. The molecule has 0 saturated heterocycles. The summed E-state index contributed by atoms with van der Waals surface area (Å²) in [4.78, 5) is 10.5. The molecule has 5 nitrogen and oxygen atoms in total. The van der Waals surface area contributed by atoms with Crippen molar-refractivity contribution in [3.8, 4) is 0 Å². The summed E-state index contributed by atoms with van der Waals surface area (Å²) in [5, 5.41) is 8.98. The number of fused-ring (bicyclic) bond motifs is 1. The van der Waals surface area contributed by atoms with Crippen LogP contribution in [-0.2, 0) is 6.42 Å². The number of aromatic nitrogens is 1. The lowest BCUT2D eigenvalue weighted by molar-refractivity contribution is 0.488. The second-order valence-corrected chi connectivity index (χ2v) is 7.59. The molecule has 0 aliphatic carbocycles. The minimum atomic E-state index is 0.0348. The Morgan fingerprint density at radius 1 is 1.31 bits per heavy atom. The highest BCUT2D eigenvalue weighted by atomic mass is 32.1. The van der Waals surface area contributed by atoms with Crippen LogP contribution in [0.2, 0.25) is 0 Å². The lowest BCUT2D eigenvalue weighted by Crippen LogP contribution is -2.38. The first kappa shape index (κ1) is 18.5. The number of para-hydroxylation sites is 1. The Balaban J connectivity index is 1.65. The monoisotopic (exact) mass is 370 g/mol. The highest BCUT2D eigenvalue weighted by Crippen LogP contribution is 2.23. The Morgan fingerprint density at radius 2 is 2.12 bits per heavy atom. The molecule has 1 aromatic carbocycles. The first-order valence-electron chi connectivity index (χ1n) is 9.03. The SMILES string of the molecule is CCNC(=NCCc1sc(C)nc1C)NC(C)c1cc2ccccc2o1. The topological polar surface area (TPSA) is 62.5 Å². The average Bonchev–Trinajstić information content (AvgIpc) is 3.18. The van der Waals surface area contributed by atoms with E-state index in [4.69, 9.17) is 9.41 Å². The summed E-state index contributed by atoms with van der Waals surface area (Å²) in [5.41, 5.74) is 2.03. The van der Waals surface area contributed by atoms with Crippen LogP contribution in [0.4, 0.5) is 0 Å². The van der Waals surface area contributed by atoms with E-state index in [1.54, 1.807) is 11.3 Å². The third kappa shape index (κ3) is 4.43. The van der Waals surface area contributed by atoms with Crippen molar-refractivity contribution in [1.82, 2.24) is 15.6 Å². The number of aliphatic imine (C=N–C) groups is 1. The molecule has 2 N–H and O–H groups in total. The number of hydrogen-bond acceptors (Lipinski definition) is 4. The van der Waals surface area contributed by atoms with Gasteiger partial charge in [0.25, 0.3) is 0 Å². The quantitative estimate of drug-likeness (QED) is 0.500. The Labute approximate surface area is 158 Å². The van der Waals surface area contributed by atoms with Crippen molar-refractivity contribution < 1.29 is 4.42 Å². The fourth-order valence-corrected chi connectivity index (χ4v) is 3.81. The van der Waals surface area contributed by atoms with E-state index < -0.39 is 0 Å². The number of guanidine groups is 1. The zero-order valence-corrected chi connectivity index (χ0v) is 16.6. The molecule has 0 amide bonds. The van der Waals surface area contributed by atoms with Crippen LogP contribution >= 0.6 is 11.3 Å². The molecule has 138 valence electrons. The molecule has 6 heteroatoms. The number of rotatable bonds is 6. The summed E-state index contributed by atoms with van der Waals surface area (Å²) >= 11 is 1.76. The van der Waals surface area contributed by atoms with Crippen LogP contribution in [0.1, 0.15) is 41.2 Å². The molecule has 0 bridgehead atoms. The number of nitrogens with zero attached hydrogens (tertiary/aromatic N) is 2. The number of thiazole rings is 1. The minimum Gasteiger partial charge on any atom is -0.459 e. The summed E-state index contributed by atoms with van der Waals surface area (Å²) < 4.78 is 5.95. The molecule has 0 radical (unpaired) electrons. The van der Waals surface area contributed by atoms with Crippen molar-refractivity contribution in [1.29, 1.82) is 0 Å². The van der Waals surface area contributed by atoms with Gasteiger partial charge in [-0.1, -0.05) is 18.2 Å². The van der Waals surface area contributed by atoms with E-state index in [1.165, 1.54) is 4.88 Å². The largest absolute Gasteiger partial charge is 0.459 e. The van der Waals surface area contributed by atoms with Gasteiger partial charge in [0.1, 0.15) is 11.3 Å². The second kappa shape index (κ2) is 8.36. The summed E-state index contributed by atoms with van der Waals surface area (Å²) in [6, 6.07) is 10.2. The van der Waals surface area contributed by atoms with Gasteiger partial charge in [0.05, 0.1) is 16.7 Å². The Hall–Kier alpha value is -2.34. The molecular weight excluding hydrogens is 344 g/mol. The first-order valence-corrected chi connectivity index (χ1v) is 9.84. The van der Waals surface area contributed by atoms with Crippen molar-refractivity contribution in [2.75, 3.05) is 13.1 Å². The van der Waals surface area contributed by atoms with Crippen LogP contribution in [0, 0.1) is 13.8 Å². The normalized spacial score (nSPS) is 13.2. The molecular formula is C20H26N4OS. The molecule has 0 aliphatic heterocycles. The smallest absolute Gasteiger partial charge is 0.191 e. The summed E-state index contributed by atoms with van der Waals surface area (Å²) in [6.07, 6.45) is 0.910. The van der Waals surface area contributed by atoms with E-state index in [2.05, 4.69) is 48.5 Å². The third-order valence-corrected chi connectivity index (χ3v) is 5.31. The van der Waals surface area contributed by atoms with Crippen LogP contribution in [0.15, 0.2) is 39.7 Å². The number of furan rings is 1. The van der Waals surface area contributed by atoms with Crippen molar-refractivity contribution in [3.05, 3.63) is 51.7 Å². The molecule has 2 aromatic heterocycles. The van der Waals surface area contributed by atoms with Gasteiger partial charge < -0.3 is 15.1 Å². The van der Waals surface area contributed by atoms with Crippen LogP contribution < -0.4 is 10.6 Å². The molecule has 0 saturated carbocycles. The van der Waals surface area contributed by atoms with Crippen LogP contribution in [-0.4, -0.2) is 24.0 Å². The number of aryl methyl sites for hydroxylation is 2. The van der Waals surface area contributed by atoms with Gasteiger partial charge >= 0.3 is 0 Å². The van der Waals surface area contributed by atoms with Gasteiger partial charge in [-0.2, -0.15) is 0 Å². The van der Waals surface area contributed by atoms with Crippen LogP contribution in [0.25, 0.3) is 11.0 Å². The maximum absolute atomic E-state index is 5.95. The highest BCUT2D eigenvalue weighted by molar-refractivity contribution is 7.11. The molecule has 0 spiro atoms. The highest BCUT2D eigenvalue weighted by Gasteiger charge is 2.13. The zero-order valence-electron chi connectivity index (χ0n) is 15.8. The van der Waals surface area contributed by atoms with E-state index in [9.17, 15) is 0 Å². The Kier molecular flexibility index (Phi) is 5.93. The van der Waals surface area contributed by atoms with Gasteiger partial charge in [0, 0.05) is 29.8 Å². The predicted molar refractivity (Wildman–Crippen MR) is 109 cm³/mol. The second-order valence-electron chi connectivity index (χ2n) is 6.30. The van der Waals surface area contributed by atoms with Gasteiger partial charge in [-0.25, -0.2) is 4.98 Å². The van der Waals surface area contributed by atoms with Gasteiger partial charge in [-0.15, -0.1) is 11.3 Å². The summed E-state index contributed by atoms with van der Waals surface area (Å²) in [5.74, 6) is 1.71. The maximum atomic E-state index is 5.95. The van der Waals surface area contributed by atoms with Crippen molar-refractivity contribution in [2.45, 2.75) is 40.2 Å². The third-order valence-electron chi connectivity index (χ3n) is 4.18. The van der Waals surface area contributed by atoms with Gasteiger partial charge in [-0.3, -0.25) is 4.99 Å². The van der Waals surface area contributed by atoms with E-state index in [1.807, 2.05) is 25.1 Å². The standard InChI is InChI=1S/C20H26N4OS/c1-5-21-20(22-11-10-19-14(3)23-15(4)26-19)24-13(2)18-12-16-8-6-7-9-17(16)25-18/h6-9,12-13H,5,10-11H2,1-4H3,(H2,21,22,24). The molecule has 0 aliphatic rings. The summed E-state index contributed by atoms with van der Waals surface area (Å²) in [7, 11) is 0. The van der Waals surface area contributed by atoms with E-state index in [0.29, 0.717) is 0 Å². The minimum absolute atomic E-state index is 0.0348. The Bertz CT molecular complexity index is 863. The molecule has 0 fully saturated rings. The molecule has 3 rings (SSSR count). The maximum Gasteiger partial charge on any atom is 0.191 e. The molecule has 2 heterocycles. The average molecular weight is 371 g/mol. The van der Waals surface area contributed by atoms with Crippen LogP contribution in [0.3, 0.4) is 0 Å². The Morgan fingerprint density at radius 3 is 2.81 bits per heavy atom. The number of nitrogens with one attached hydrogen (secondary N) is 2. The number of hydrogen-bond donors (Lipinski definition) is 2. The van der Waals surface area contributed by atoms with E-state index >= 15 is 0 Å². The number of benzene rings is 1. The molecule has 1 unspecified atom stereocenters. The van der Waals surface area contributed by atoms with Gasteiger partial charge in [-0.05, 0) is 39.8 Å². The zero-order chi connectivity index (χ0) is 18.5. The first-order chi connectivity index (χ1) is 12.6. The van der Waals surface area contributed by atoms with Crippen molar-refractivity contribution in [3.63, 3.8) is 0 Å². The van der Waals surface area contributed by atoms with Crippen LogP contribution in [0.5, 0.6) is 0 Å². The van der Waals surface area contributed by atoms with Crippen molar-refractivity contribution in [2.24, 2.45) is 4.99 Å². The van der Waals surface area contributed by atoms with Gasteiger partial charge in [0.2, 0.25) is 0 Å². The lowest BCUT2D eigenvalue weighted by atomic mass is 10.2. The van der Waals surface area contributed by atoms with E-state index in [-0.39, 0.29) is 6.04 Å². The van der Waals surface area contributed by atoms with E-state index in [0.717, 1.165) is 52.9 Å². The summed E-state index contributed by atoms with van der Waals surface area (Å²) in [6.45, 7) is 9.81.